The highest BCUT2D eigenvalue weighted by atomic mass is 35.5. The predicted octanol–water partition coefficient (Wildman–Crippen LogP) is 4.84. The summed E-state index contributed by atoms with van der Waals surface area (Å²) in [5.74, 6) is 0.510. The molecule has 3 heterocycles. The number of hydrogen-bond acceptors (Lipinski definition) is 4. The van der Waals surface area contributed by atoms with Crippen LogP contribution in [0.2, 0.25) is 5.02 Å². The fourth-order valence-electron chi connectivity index (χ4n) is 3.19. The van der Waals surface area contributed by atoms with Gasteiger partial charge in [0.2, 0.25) is 11.8 Å². The van der Waals surface area contributed by atoms with Crippen molar-refractivity contribution in [3.8, 4) is 17.1 Å². The molecule has 0 saturated heterocycles. The number of carbonyl (C=O) groups is 1. The zero-order valence-electron chi connectivity index (χ0n) is 15.5. The largest absolute Gasteiger partial charge is 0.481 e. The van der Waals surface area contributed by atoms with Crippen LogP contribution in [0.3, 0.4) is 0 Å². The molecule has 0 bridgehead atoms. The zero-order chi connectivity index (χ0) is 19.7. The highest BCUT2D eigenvalue weighted by Gasteiger charge is 2.19. The predicted molar refractivity (Wildman–Crippen MR) is 111 cm³/mol. The number of pyridine rings is 2. The molecule has 1 amide bonds. The first-order valence-electron chi connectivity index (χ1n) is 8.81. The van der Waals surface area contributed by atoms with Gasteiger partial charge >= 0.3 is 0 Å². The SMILES string of the molecule is COc1ccc(-c2ccc3c(n2)/C=C\c2ccc(Cl)cc2N(C(C)=O)C3)cn1. The molecule has 0 atom stereocenters. The molecular weight excluding hydrogens is 374 g/mol. The van der Waals surface area contributed by atoms with Crippen LogP contribution in [-0.4, -0.2) is 23.0 Å². The van der Waals surface area contributed by atoms with Crippen LogP contribution < -0.4 is 9.64 Å². The Bertz CT molecular complexity index is 1080. The molecule has 6 heteroatoms. The summed E-state index contributed by atoms with van der Waals surface area (Å²) >= 11 is 6.16. The van der Waals surface area contributed by atoms with Crippen molar-refractivity contribution in [1.29, 1.82) is 0 Å². The monoisotopic (exact) mass is 391 g/mol. The van der Waals surface area contributed by atoms with Crippen molar-refractivity contribution in [2.24, 2.45) is 0 Å². The fraction of sp³-hybridized carbons (Fsp3) is 0.136. The molecule has 5 nitrogen and oxygen atoms in total. The van der Waals surface area contributed by atoms with E-state index in [1.165, 1.54) is 0 Å². The normalized spacial score (nSPS) is 13.8. The minimum absolute atomic E-state index is 0.0480. The minimum atomic E-state index is -0.0480. The molecule has 1 aliphatic heterocycles. The van der Waals surface area contributed by atoms with E-state index < -0.39 is 0 Å². The highest BCUT2D eigenvalue weighted by molar-refractivity contribution is 6.31. The lowest BCUT2D eigenvalue weighted by Gasteiger charge is -2.26. The van der Waals surface area contributed by atoms with Crippen LogP contribution in [0.1, 0.15) is 23.7 Å². The first-order chi connectivity index (χ1) is 13.5. The van der Waals surface area contributed by atoms with E-state index >= 15 is 0 Å². The molecule has 0 radical (unpaired) electrons. The molecule has 2 aromatic heterocycles. The van der Waals surface area contributed by atoms with Gasteiger partial charge in [0.25, 0.3) is 0 Å². The van der Waals surface area contributed by atoms with Gasteiger partial charge in [0.1, 0.15) is 0 Å². The van der Waals surface area contributed by atoms with Gasteiger partial charge < -0.3 is 9.64 Å². The van der Waals surface area contributed by atoms with Crippen LogP contribution in [0.25, 0.3) is 23.4 Å². The van der Waals surface area contributed by atoms with Gasteiger partial charge in [0.15, 0.2) is 0 Å². The van der Waals surface area contributed by atoms with E-state index in [2.05, 4.69) is 4.98 Å². The Morgan fingerprint density at radius 1 is 1.14 bits per heavy atom. The fourth-order valence-corrected chi connectivity index (χ4v) is 3.36. The summed E-state index contributed by atoms with van der Waals surface area (Å²) in [6, 6.07) is 13.2. The number of nitrogens with zero attached hydrogens (tertiary/aromatic N) is 3. The Hall–Kier alpha value is -3.18. The number of hydrogen-bond donors (Lipinski definition) is 0. The van der Waals surface area contributed by atoms with Gasteiger partial charge in [-0.25, -0.2) is 9.97 Å². The van der Waals surface area contributed by atoms with E-state index in [4.69, 9.17) is 21.3 Å². The first-order valence-corrected chi connectivity index (χ1v) is 9.19. The van der Waals surface area contributed by atoms with Crippen LogP contribution >= 0.6 is 11.6 Å². The molecule has 1 aliphatic rings. The summed E-state index contributed by atoms with van der Waals surface area (Å²) in [6.07, 6.45) is 5.67. The number of aromatic nitrogens is 2. The van der Waals surface area contributed by atoms with E-state index in [0.717, 1.165) is 33.8 Å². The van der Waals surface area contributed by atoms with E-state index in [-0.39, 0.29) is 5.91 Å². The van der Waals surface area contributed by atoms with Crippen molar-refractivity contribution in [3.05, 3.63) is 70.5 Å². The molecule has 1 aromatic carbocycles. The van der Waals surface area contributed by atoms with Crippen molar-refractivity contribution in [2.75, 3.05) is 12.0 Å². The molecule has 0 unspecified atom stereocenters. The molecular formula is C22H18ClN3O2. The standard InChI is InChI=1S/C22H18ClN3O2/c1-14(27)26-13-17-5-9-19(16-6-10-22(28-2)24-12-16)25-20(17)8-4-15-3-7-18(23)11-21(15)26/h3-12H,13H2,1-2H3/b8-4-. The highest BCUT2D eigenvalue weighted by Crippen LogP contribution is 2.31. The van der Waals surface area contributed by atoms with Gasteiger partial charge in [-0.2, -0.15) is 0 Å². The third-order valence-corrected chi connectivity index (χ3v) is 4.90. The van der Waals surface area contributed by atoms with Crippen LogP contribution in [0, 0.1) is 0 Å². The summed E-state index contributed by atoms with van der Waals surface area (Å²) in [5, 5.41) is 0.597. The van der Waals surface area contributed by atoms with Crippen LogP contribution in [0.4, 0.5) is 5.69 Å². The number of ether oxygens (including phenoxy) is 1. The Morgan fingerprint density at radius 2 is 2.00 bits per heavy atom. The average Bonchev–Trinajstić information content (AvgIpc) is 2.70. The van der Waals surface area contributed by atoms with E-state index in [1.807, 2.05) is 48.6 Å². The van der Waals surface area contributed by atoms with Gasteiger partial charge in [0.05, 0.1) is 30.7 Å². The Morgan fingerprint density at radius 3 is 2.71 bits per heavy atom. The summed E-state index contributed by atoms with van der Waals surface area (Å²) in [6.45, 7) is 1.98. The lowest BCUT2D eigenvalue weighted by molar-refractivity contribution is -0.116. The summed E-state index contributed by atoms with van der Waals surface area (Å²) in [5.41, 5.74) is 5.20. The molecule has 0 spiro atoms. The number of rotatable bonds is 2. The second kappa shape index (κ2) is 7.44. The molecule has 0 N–H and O–H groups in total. The topological polar surface area (TPSA) is 55.3 Å². The zero-order valence-corrected chi connectivity index (χ0v) is 16.3. The van der Waals surface area contributed by atoms with Gasteiger partial charge in [0, 0.05) is 29.8 Å². The Balaban J connectivity index is 1.79. The lowest BCUT2D eigenvalue weighted by Crippen LogP contribution is -2.29. The number of amides is 1. The molecule has 28 heavy (non-hydrogen) atoms. The maximum absolute atomic E-state index is 12.3. The van der Waals surface area contributed by atoms with Crippen molar-refractivity contribution < 1.29 is 9.53 Å². The average molecular weight is 392 g/mol. The number of methoxy groups -OCH3 is 1. The van der Waals surface area contributed by atoms with Crippen molar-refractivity contribution in [1.82, 2.24) is 9.97 Å². The van der Waals surface area contributed by atoms with Crippen LogP contribution in [0.15, 0.2) is 48.7 Å². The molecule has 0 aliphatic carbocycles. The van der Waals surface area contributed by atoms with E-state index in [0.29, 0.717) is 17.4 Å². The molecule has 0 saturated carbocycles. The van der Waals surface area contributed by atoms with Gasteiger partial charge in [-0.05, 0) is 41.5 Å². The summed E-state index contributed by atoms with van der Waals surface area (Å²) < 4.78 is 5.11. The molecule has 140 valence electrons. The number of fused-ring (bicyclic) bond motifs is 2. The third kappa shape index (κ3) is 3.49. The first kappa shape index (κ1) is 18.2. The maximum atomic E-state index is 12.3. The summed E-state index contributed by atoms with van der Waals surface area (Å²) in [7, 11) is 1.59. The van der Waals surface area contributed by atoms with E-state index in [9.17, 15) is 4.79 Å². The molecule has 0 fully saturated rings. The maximum Gasteiger partial charge on any atom is 0.224 e. The summed E-state index contributed by atoms with van der Waals surface area (Å²) in [4.78, 5) is 23.1. The van der Waals surface area contributed by atoms with Crippen molar-refractivity contribution >= 4 is 35.3 Å². The molecule has 3 aromatic rings. The third-order valence-electron chi connectivity index (χ3n) is 4.67. The van der Waals surface area contributed by atoms with Gasteiger partial charge in [-0.15, -0.1) is 0 Å². The lowest BCUT2D eigenvalue weighted by atomic mass is 10.0. The number of halogens is 1. The van der Waals surface area contributed by atoms with Crippen molar-refractivity contribution in [2.45, 2.75) is 13.5 Å². The van der Waals surface area contributed by atoms with Gasteiger partial charge in [-0.1, -0.05) is 29.8 Å². The van der Waals surface area contributed by atoms with Crippen molar-refractivity contribution in [3.63, 3.8) is 0 Å². The second-order valence-corrected chi connectivity index (χ2v) is 6.91. The minimum Gasteiger partial charge on any atom is -0.481 e. The van der Waals surface area contributed by atoms with E-state index in [1.54, 1.807) is 31.2 Å². The number of benzene rings is 1. The Labute approximate surface area is 168 Å². The second-order valence-electron chi connectivity index (χ2n) is 6.47. The number of carbonyl (C=O) groups excluding carboxylic acids is 1. The molecule has 4 rings (SSSR count). The van der Waals surface area contributed by atoms with Crippen LogP contribution in [0.5, 0.6) is 5.88 Å². The number of anilines is 1. The van der Waals surface area contributed by atoms with Gasteiger partial charge in [-0.3, -0.25) is 4.79 Å². The smallest absolute Gasteiger partial charge is 0.224 e. The Kier molecular flexibility index (Phi) is 4.84. The quantitative estimate of drug-likeness (QED) is 0.627. The van der Waals surface area contributed by atoms with Crippen LogP contribution in [-0.2, 0) is 11.3 Å².